The molecule has 0 bridgehead atoms. The molecule has 1 nitrogen and oxygen atoms in total. The third-order valence-corrected chi connectivity index (χ3v) is 0.421. The molecule has 0 aromatic heterocycles. The first-order valence-corrected chi connectivity index (χ1v) is 1.76. The van der Waals surface area contributed by atoms with E-state index in [0.717, 1.165) is 0 Å². The van der Waals surface area contributed by atoms with Gasteiger partial charge in [0.2, 0.25) is 0 Å². The molecule has 0 unspecified atom stereocenters. The van der Waals surface area contributed by atoms with E-state index >= 15 is 0 Å². The monoisotopic (exact) mass is 132 g/mol. The molecule has 0 aliphatic heterocycles. The van der Waals surface area contributed by atoms with Crippen LogP contribution in [-0.2, 0) is 4.74 Å². The highest BCUT2D eigenvalue weighted by atomic mass is 19.3. The van der Waals surface area contributed by atoms with Crippen LogP contribution in [0.3, 0.4) is 0 Å². The molecule has 0 aromatic carbocycles. The summed E-state index contributed by atoms with van der Waals surface area (Å²) in [6, 6.07) is 0. The fourth-order valence-electron chi connectivity index (χ4n) is 0.118. The van der Waals surface area contributed by atoms with E-state index in [0.29, 0.717) is 0 Å². The molecular formula is C3H4F4O. The first kappa shape index (κ1) is 7.68. The summed E-state index contributed by atoms with van der Waals surface area (Å²) in [4.78, 5) is 0. The summed E-state index contributed by atoms with van der Waals surface area (Å²) >= 11 is 0. The van der Waals surface area contributed by atoms with E-state index in [-0.39, 0.29) is 0 Å². The van der Waals surface area contributed by atoms with Gasteiger partial charge in [-0.25, -0.2) is 8.78 Å². The van der Waals surface area contributed by atoms with Crippen molar-refractivity contribution in [2.45, 2.75) is 6.11 Å². The van der Waals surface area contributed by atoms with Gasteiger partial charge in [0.15, 0.2) is 13.5 Å². The first-order chi connectivity index (χ1) is 3.62. The Morgan fingerprint density at radius 1 is 1.25 bits per heavy atom. The Hall–Kier alpha value is -0.320. The van der Waals surface area contributed by atoms with Crippen molar-refractivity contribution < 1.29 is 22.3 Å². The highest BCUT2D eigenvalue weighted by Crippen LogP contribution is 2.14. The smallest absolute Gasteiger partial charge is 0.286 e. The van der Waals surface area contributed by atoms with Crippen LogP contribution in [0.25, 0.3) is 0 Å². The van der Waals surface area contributed by atoms with Gasteiger partial charge in [-0.1, -0.05) is 0 Å². The van der Waals surface area contributed by atoms with Crippen molar-refractivity contribution in [3.63, 3.8) is 0 Å². The van der Waals surface area contributed by atoms with Gasteiger partial charge in [0, 0.05) is 0 Å². The minimum absolute atomic E-state index is 1.67. The molecule has 50 valence electrons. The maximum atomic E-state index is 11.3. The Balaban J connectivity index is 3.37. The van der Waals surface area contributed by atoms with Crippen LogP contribution in [-0.4, -0.2) is 19.6 Å². The minimum Gasteiger partial charge on any atom is -0.286 e. The molecule has 5 heteroatoms. The molecule has 0 saturated carbocycles. The lowest BCUT2D eigenvalue weighted by Crippen LogP contribution is -2.22. The summed E-state index contributed by atoms with van der Waals surface area (Å²) in [6.45, 7) is -3.66. The van der Waals surface area contributed by atoms with Crippen LogP contribution in [0.15, 0.2) is 0 Å². The van der Waals surface area contributed by atoms with E-state index in [9.17, 15) is 17.6 Å². The van der Waals surface area contributed by atoms with E-state index in [1.165, 1.54) is 0 Å². The number of rotatable bonds is 3. The Labute approximate surface area is 43.2 Å². The van der Waals surface area contributed by atoms with E-state index < -0.39 is 19.6 Å². The third kappa shape index (κ3) is 2.79. The van der Waals surface area contributed by atoms with Gasteiger partial charge in [-0.2, -0.15) is 8.78 Å². The molecule has 8 heavy (non-hydrogen) atoms. The fourth-order valence-corrected chi connectivity index (χ4v) is 0.118. The van der Waals surface area contributed by atoms with Gasteiger partial charge < -0.3 is 0 Å². The first-order valence-electron chi connectivity index (χ1n) is 1.76. The number of ether oxygens (including phenoxy) is 1. The maximum absolute atomic E-state index is 11.3. The number of hydrogen-bond acceptors (Lipinski definition) is 1. The van der Waals surface area contributed by atoms with Gasteiger partial charge in [0.1, 0.15) is 0 Å². The molecular weight excluding hydrogens is 128 g/mol. The van der Waals surface area contributed by atoms with Gasteiger partial charge in [0.25, 0.3) is 0 Å². The van der Waals surface area contributed by atoms with Crippen LogP contribution in [0.5, 0.6) is 0 Å². The van der Waals surface area contributed by atoms with Crippen molar-refractivity contribution in [3.8, 4) is 0 Å². The van der Waals surface area contributed by atoms with Crippen molar-refractivity contribution in [2.75, 3.05) is 13.5 Å². The number of halogens is 4. The summed E-state index contributed by atoms with van der Waals surface area (Å²) in [7, 11) is 0. The average molecular weight is 132 g/mol. The fraction of sp³-hybridized carbons (Fsp3) is 1.00. The highest BCUT2D eigenvalue weighted by molar-refractivity contribution is 4.44. The van der Waals surface area contributed by atoms with Crippen LogP contribution < -0.4 is 0 Å². The number of hydrogen-bond donors (Lipinski definition) is 0. The average Bonchev–Trinajstić information content (AvgIpc) is 1.67. The summed E-state index contributed by atoms with van der Waals surface area (Å²) in [5.41, 5.74) is 0. The maximum Gasteiger partial charge on any atom is 0.386 e. The molecule has 0 aliphatic rings. The molecule has 0 rings (SSSR count). The predicted molar refractivity (Wildman–Crippen MR) is 18.0 cm³/mol. The second-order valence-corrected chi connectivity index (χ2v) is 1.02. The molecule has 0 aliphatic carbocycles. The predicted octanol–water partition coefficient (Wildman–Crippen LogP) is 1.49. The Morgan fingerprint density at radius 2 is 1.75 bits per heavy atom. The molecule has 0 aromatic rings. The zero-order valence-corrected chi connectivity index (χ0v) is 3.83. The van der Waals surface area contributed by atoms with Crippen molar-refractivity contribution >= 4 is 0 Å². The van der Waals surface area contributed by atoms with Gasteiger partial charge in [0.05, 0.1) is 0 Å². The van der Waals surface area contributed by atoms with Gasteiger partial charge in [-0.05, 0) is 0 Å². The quantitative estimate of drug-likeness (QED) is 0.528. The molecule has 0 radical (unpaired) electrons. The normalized spacial score (nSPS) is 12.0. The standard InChI is InChI=1S/C3H4F4O/c4-1-3(6,7)8-2-5/h1-2H2. The van der Waals surface area contributed by atoms with Gasteiger partial charge in [-0.3, -0.25) is 4.74 Å². The molecule has 0 N–H and O–H groups in total. The van der Waals surface area contributed by atoms with Crippen LogP contribution >= 0.6 is 0 Å². The molecule has 0 amide bonds. The zero-order valence-electron chi connectivity index (χ0n) is 3.83. The molecule has 0 atom stereocenters. The third-order valence-electron chi connectivity index (χ3n) is 0.421. The second kappa shape index (κ2) is 2.86. The van der Waals surface area contributed by atoms with E-state index in [1.54, 1.807) is 0 Å². The molecule has 0 fully saturated rings. The van der Waals surface area contributed by atoms with Crippen LogP contribution in [0.1, 0.15) is 0 Å². The molecule has 0 heterocycles. The van der Waals surface area contributed by atoms with E-state index in [4.69, 9.17) is 0 Å². The minimum atomic E-state index is -3.95. The molecule has 0 spiro atoms. The Morgan fingerprint density at radius 3 is 1.88 bits per heavy atom. The lowest BCUT2D eigenvalue weighted by molar-refractivity contribution is -0.261. The van der Waals surface area contributed by atoms with Crippen molar-refractivity contribution in [1.29, 1.82) is 0 Å². The van der Waals surface area contributed by atoms with Crippen molar-refractivity contribution in [3.05, 3.63) is 0 Å². The lowest BCUT2D eigenvalue weighted by Gasteiger charge is -2.07. The highest BCUT2D eigenvalue weighted by Gasteiger charge is 2.29. The zero-order chi connectivity index (χ0) is 6.62. The van der Waals surface area contributed by atoms with Gasteiger partial charge >= 0.3 is 6.11 Å². The van der Waals surface area contributed by atoms with Crippen molar-refractivity contribution in [2.24, 2.45) is 0 Å². The Bertz CT molecular complexity index is 64.3. The SMILES string of the molecule is FCOC(F)(F)CF. The Kier molecular flexibility index (Phi) is 2.75. The van der Waals surface area contributed by atoms with E-state index in [2.05, 4.69) is 4.74 Å². The summed E-state index contributed by atoms with van der Waals surface area (Å²) in [5, 5.41) is 0. The lowest BCUT2D eigenvalue weighted by atomic mass is 10.7. The van der Waals surface area contributed by atoms with Crippen LogP contribution in [0, 0.1) is 0 Å². The summed E-state index contributed by atoms with van der Waals surface area (Å²) in [6.07, 6.45) is -3.95. The largest absolute Gasteiger partial charge is 0.386 e. The molecule has 0 saturated heterocycles. The van der Waals surface area contributed by atoms with E-state index in [1.807, 2.05) is 0 Å². The topological polar surface area (TPSA) is 9.23 Å². The van der Waals surface area contributed by atoms with Crippen molar-refractivity contribution in [1.82, 2.24) is 0 Å². The van der Waals surface area contributed by atoms with Crippen LogP contribution in [0.4, 0.5) is 17.6 Å². The second-order valence-electron chi connectivity index (χ2n) is 1.02. The van der Waals surface area contributed by atoms with Crippen LogP contribution in [0.2, 0.25) is 0 Å². The van der Waals surface area contributed by atoms with Gasteiger partial charge in [-0.15, -0.1) is 0 Å². The summed E-state index contributed by atoms with van der Waals surface area (Å²) in [5.74, 6) is 0. The summed E-state index contributed by atoms with van der Waals surface area (Å²) < 4.78 is 47.4. The number of alkyl halides is 4.